The highest BCUT2D eigenvalue weighted by molar-refractivity contribution is 5.71. The second-order valence-electron chi connectivity index (χ2n) is 14.2. The van der Waals surface area contributed by atoms with E-state index in [1.165, 1.54) is 109 Å². The van der Waals surface area contributed by atoms with E-state index in [4.69, 9.17) is 14.2 Å². The minimum absolute atomic E-state index is 0.0668. The van der Waals surface area contributed by atoms with Crippen LogP contribution in [0, 0.1) is 5.92 Å². The third-order valence-corrected chi connectivity index (χ3v) is 9.40. The average Bonchev–Trinajstić information content (AvgIpc) is 3.06. The number of carbonyl (C=O) groups excluding carboxylic acids is 3. The Hall–Kier alpha value is -1.59. The number of carbonyl (C=O) groups is 3. The molecule has 47 heavy (non-hydrogen) atoms. The molecule has 0 aromatic heterocycles. The van der Waals surface area contributed by atoms with Gasteiger partial charge in [-0.15, -0.1) is 0 Å². The van der Waals surface area contributed by atoms with Crippen LogP contribution in [0.3, 0.4) is 0 Å². The summed E-state index contributed by atoms with van der Waals surface area (Å²) in [5.41, 5.74) is 0. The molecule has 278 valence electrons. The maximum atomic E-state index is 12.6. The van der Waals surface area contributed by atoms with E-state index in [1.807, 2.05) is 0 Å². The summed E-state index contributed by atoms with van der Waals surface area (Å²) in [6.07, 6.45) is 32.6. The van der Waals surface area contributed by atoms with Gasteiger partial charge in [0.1, 0.15) is 13.2 Å². The van der Waals surface area contributed by atoms with Crippen LogP contribution in [0.25, 0.3) is 0 Å². The number of unbranched alkanes of at least 4 members (excludes halogenated alkanes) is 22. The number of hydrogen-bond donors (Lipinski definition) is 0. The van der Waals surface area contributed by atoms with Crippen molar-refractivity contribution in [1.29, 1.82) is 0 Å². The molecule has 0 aromatic carbocycles. The quantitative estimate of drug-likeness (QED) is 0.0376. The van der Waals surface area contributed by atoms with E-state index in [0.717, 1.165) is 70.1 Å². The van der Waals surface area contributed by atoms with Gasteiger partial charge in [-0.25, -0.2) is 0 Å². The zero-order chi connectivity index (χ0) is 34.6. The normalized spacial score (nSPS) is 12.5. The van der Waals surface area contributed by atoms with Crippen molar-refractivity contribution in [1.82, 2.24) is 0 Å². The summed E-state index contributed by atoms with van der Waals surface area (Å²) in [6.45, 7) is 8.86. The van der Waals surface area contributed by atoms with Crippen molar-refractivity contribution in [2.24, 2.45) is 5.92 Å². The Morgan fingerprint density at radius 1 is 0.426 bits per heavy atom. The van der Waals surface area contributed by atoms with Gasteiger partial charge in [-0.2, -0.15) is 0 Å². The number of esters is 3. The van der Waals surface area contributed by atoms with Crippen LogP contribution in [0.5, 0.6) is 0 Å². The van der Waals surface area contributed by atoms with Gasteiger partial charge in [0.25, 0.3) is 0 Å². The smallest absolute Gasteiger partial charge is 0.306 e. The van der Waals surface area contributed by atoms with Gasteiger partial charge in [0.15, 0.2) is 6.10 Å². The van der Waals surface area contributed by atoms with Gasteiger partial charge in [0.05, 0.1) is 0 Å². The fraction of sp³-hybridized carbons (Fsp3) is 0.927. The molecule has 2 atom stereocenters. The third kappa shape index (κ3) is 34.1. The van der Waals surface area contributed by atoms with Gasteiger partial charge in [0.2, 0.25) is 0 Å². The lowest BCUT2D eigenvalue weighted by molar-refractivity contribution is -0.167. The highest BCUT2D eigenvalue weighted by atomic mass is 16.6. The highest BCUT2D eigenvalue weighted by Crippen LogP contribution is 2.16. The predicted molar refractivity (Wildman–Crippen MR) is 196 cm³/mol. The summed E-state index contributed by atoms with van der Waals surface area (Å²) in [7, 11) is 0. The lowest BCUT2D eigenvalue weighted by Crippen LogP contribution is -2.30. The highest BCUT2D eigenvalue weighted by Gasteiger charge is 2.19. The first-order chi connectivity index (χ1) is 22.9. The van der Waals surface area contributed by atoms with E-state index in [-0.39, 0.29) is 31.1 Å². The van der Waals surface area contributed by atoms with Crippen LogP contribution < -0.4 is 0 Å². The van der Waals surface area contributed by atoms with E-state index in [9.17, 15) is 14.4 Å². The summed E-state index contributed by atoms with van der Waals surface area (Å²) in [4.78, 5) is 37.3. The summed E-state index contributed by atoms with van der Waals surface area (Å²) < 4.78 is 16.5. The maximum absolute atomic E-state index is 12.6. The van der Waals surface area contributed by atoms with Crippen LogP contribution >= 0.6 is 0 Å². The Bertz CT molecular complexity index is 708. The lowest BCUT2D eigenvalue weighted by Gasteiger charge is -2.18. The van der Waals surface area contributed by atoms with E-state index < -0.39 is 6.10 Å². The molecule has 0 rings (SSSR count). The van der Waals surface area contributed by atoms with Crippen molar-refractivity contribution in [3.8, 4) is 0 Å². The molecule has 0 N–H and O–H groups in total. The predicted octanol–water partition coefficient (Wildman–Crippen LogP) is 12.4. The molecule has 0 aliphatic heterocycles. The molecule has 0 spiro atoms. The van der Waals surface area contributed by atoms with Gasteiger partial charge < -0.3 is 14.2 Å². The molecule has 1 unspecified atom stereocenters. The van der Waals surface area contributed by atoms with Crippen molar-refractivity contribution in [3.63, 3.8) is 0 Å². The second-order valence-corrected chi connectivity index (χ2v) is 14.2. The molecule has 6 heteroatoms. The molecule has 0 fully saturated rings. The Kier molecular flexibility index (Phi) is 34.5. The van der Waals surface area contributed by atoms with Gasteiger partial charge in [-0.3, -0.25) is 14.4 Å². The molecule has 0 radical (unpaired) electrons. The van der Waals surface area contributed by atoms with E-state index in [1.54, 1.807) is 0 Å². The first kappa shape index (κ1) is 45.4. The first-order valence-electron chi connectivity index (χ1n) is 20.4. The van der Waals surface area contributed by atoms with Crippen LogP contribution in [-0.4, -0.2) is 37.2 Å². The fourth-order valence-corrected chi connectivity index (χ4v) is 5.89. The molecule has 0 saturated heterocycles. The summed E-state index contributed by atoms with van der Waals surface area (Å²) in [5.74, 6) is -0.0630. The van der Waals surface area contributed by atoms with E-state index in [0.29, 0.717) is 19.3 Å². The number of hydrogen-bond acceptors (Lipinski definition) is 6. The molecule has 0 aromatic rings. The average molecular weight is 667 g/mol. The van der Waals surface area contributed by atoms with Gasteiger partial charge in [-0.05, 0) is 25.2 Å². The van der Waals surface area contributed by atoms with Crippen LogP contribution in [0.15, 0.2) is 0 Å². The minimum atomic E-state index is -0.757. The molecule has 0 heterocycles. The summed E-state index contributed by atoms with van der Waals surface area (Å²) in [5, 5.41) is 0. The standard InChI is InChI=1S/C41H78O6/c1-5-8-10-12-13-14-15-16-17-18-19-20-26-30-34-41(44)47-38(35-45-39(42)32-28-23-11-9-6-2)36-46-40(43)33-29-25-22-21-24-27-31-37(4)7-3/h37-38H,5-36H2,1-4H3/t37?,38-/m0/s1. The Morgan fingerprint density at radius 2 is 0.745 bits per heavy atom. The minimum Gasteiger partial charge on any atom is -0.462 e. The van der Waals surface area contributed by atoms with Crippen molar-refractivity contribution in [2.75, 3.05) is 13.2 Å². The molecule has 0 aliphatic rings. The van der Waals surface area contributed by atoms with Crippen molar-refractivity contribution >= 4 is 17.9 Å². The Morgan fingerprint density at radius 3 is 1.11 bits per heavy atom. The fourth-order valence-electron chi connectivity index (χ4n) is 5.89. The molecule has 0 saturated carbocycles. The van der Waals surface area contributed by atoms with E-state index >= 15 is 0 Å². The molecular formula is C41H78O6. The Labute approximate surface area is 291 Å². The van der Waals surface area contributed by atoms with Gasteiger partial charge >= 0.3 is 17.9 Å². The van der Waals surface area contributed by atoms with Crippen molar-refractivity contribution in [3.05, 3.63) is 0 Å². The number of rotatable bonds is 36. The third-order valence-electron chi connectivity index (χ3n) is 9.40. The topological polar surface area (TPSA) is 78.9 Å². The van der Waals surface area contributed by atoms with E-state index in [2.05, 4.69) is 27.7 Å². The summed E-state index contributed by atoms with van der Waals surface area (Å²) in [6, 6.07) is 0. The first-order valence-corrected chi connectivity index (χ1v) is 20.4. The van der Waals surface area contributed by atoms with Gasteiger partial charge in [-0.1, -0.05) is 182 Å². The van der Waals surface area contributed by atoms with Crippen molar-refractivity contribution < 1.29 is 28.6 Å². The van der Waals surface area contributed by atoms with Crippen LogP contribution in [0.4, 0.5) is 0 Å². The lowest BCUT2D eigenvalue weighted by atomic mass is 10.00. The molecule has 0 aliphatic carbocycles. The zero-order valence-corrected chi connectivity index (χ0v) is 31.7. The Balaban J connectivity index is 4.25. The largest absolute Gasteiger partial charge is 0.462 e. The molecule has 0 bridgehead atoms. The summed E-state index contributed by atoms with van der Waals surface area (Å²) >= 11 is 0. The maximum Gasteiger partial charge on any atom is 0.306 e. The van der Waals surface area contributed by atoms with Crippen LogP contribution in [0.2, 0.25) is 0 Å². The van der Waals surface area contributed by atoms with Gasteiger partial charge in [0, 0.05) is 19.3 Å². The molecule has 0 amide bonds. The second kappa shape index (κ2) is 35.7. The van der Waals surface area contributed by atoms with Crippen molar-refractivity contribution in [2.45, 2.75) is 226 Å². The number of ether oxygens (including phenoxy) is 3. The monoisotopic (exact) mass is 667 g/mol. The zero-order valence-electron chi connectivity index (χ0n) is 31.7. The van der Waals surface area contributed by atoms with Crippen LogP contribution in [-0.2, 0) is 28.6 Å². The molecule has 6 nitrogen and oxygen atoms in total. The van der Waals surface area contributed by atoms with Crippen LogP contribution in [0.1, 0.15) is 220 Å². The molecular weight excluding hydrogens is 588 g/mol. The SMILES string of the molecule is CCCCCCCCCCCCCCCCC(=O)O[C@@H](COC(=O)CCCCCCC)COC(=O)CCCCCCCCC(C)CC.